The quantitative estimate of drug-likeness (QED) is 0.0646. The Morgan fingerprint density at radius 2 is 0.533 bits per heavy atom. The molecule has 20 atom stereocenters. The van der Waals surface area contributed by atoms with Crippen LogP contribution in [-0.2, 0) is 148 Å². The van der Waals surface area contributed by atoms with Gasteiger partial charge in [-0.25, -0.2) is 0 Å². The van der Waals surface area contributed by atoms with Gasteiger partial charge in [0.2, 0.25) is 0 Å². The summed E-state index contributed by atoms with van der Waals surface area (Å²) in [4.78, 5) is 166. The molecule has 0 N–H and O–H groups in total. The van der Waals surface area contributed by atoms with E-state index in [2.05, 4.69) is 19.6 Å². The number of carbonyl (C=O) groups is 13. The highest BCUT2D eigenvalue weighted by molar-refractivity contribution is 8.00. The van der Waals surface area contributed by atoms with Crippen molar-refractivity contribution in [1.82, 2.24) is 0 Å². The van der Waals surface area contributed by atoms with Crippen molar-refractivity contribution in [2.75, 3.05) is 30.5 Å². The number of thioether (sulfide) groups is 3. The van der Waals surface area contributed by atoms with Gasteiger partial charge >= 0.3 is 77.6 Å². The highest BCUT2D eigenvalue weighted by atomic mass is 32.2. The van der Waals surface area contributed by atoms with Crippen molar-refractivity contribution in [3.05, 3.63) is 0 Å². The van der Waals surface area contributed by atoms with Crippen molar-refractivity contribution in [2.24, 2.45) is 0 Å². The number of carbonyl (C=O) groups excluding carboxylic acids is 13. The Bertz CT molecular complexity index is 2580. The van der Waals surface area contributed by atoms with Crippen LogP contribution in [0.5, 0.6) is 0 Å². The Balaban J connectivity index is 1.86. The fraction of sp³-hybridized carbons (Fsp3) is 0.764. The number of ether oxygens (including phenoxy) is 18. The van der Waals surface area contributed by atoms with Crippen molar-refractivity contribution in [3.63, 3.8) is 0 Å². The topological polar surface area (TPSA) is 388 Å². The third-order valence-corrected chi connectivity index (χ3v) is 18.2. The van der Waals surface area contributed by atoms with Gasteiger partial charge in [-0.1, -0.05) is 19.6 Å². The van der Waals surface area contributed by atoms with Crippen molar-refractivity contribution in [2.45, 2.75) is 236 Å². The van der Waals surface area contributed by atoms with Gasteiger partial charge in [0.15, 0.2) is 79.5 Å². The summed E-state index contributed by atoms with van der Waals surface area (Å²) < 4.78 is 106. The summed E-state index contributed by atoms with van der Waals surface area (Å²) >= 11 is 2.43. The van der Waals surface area contributed by atoms with E-state index in [1.165, 1.54) is 0 Å². The van der Waals surface area contributed by atoms with Crippen molar-refractivity contribution in [1.29, 1.82) is 0 Å². The second-order valence-corrected chi connectivity index (χ2v) is 31.1. The van der Waals surface area contributed by atoms with Crippen LogP contribution < -0.4 is 0 Å². The Hall–Kier alpha value is -5.82. The summed E-state index contributed by atoms with van der Waals surface area (Å²) in [6.45, 7) is 19.4. The van der Waals surface area contributed by atoms with Gasteiger partial charge in [0, 0.05) is 122 Å². The zero-order chi connectivity index (χ0) is 67.6. The third kappa shape index (κ3) is 24.3. The molecule has 0 radical (unpaired) electrons. The summed E-state index contributed by atoms with van der Waals surface area (Å²) in [7, 11) is -1.78. The maximum atomic E-state index is 13.1. The zero-order valence-corrected chi connectivity index (χ0v) is 56.1. The Kier molecular flexibility index (Phi) is 30.0. The van der Waals surface area contributed by atoms with Gasteiger partial charge in [0.25, 0.3) is 0 Å². The van der Waals surface area contributed by atoms with E-state index in [4.69, 9.17) is 85.3 Å². The maximum Gasteiger partial charge on any atom is 0.303 e. The minimum absolute atomic E-state index is 0.0985. The molecule has 90 heavy (non-hydrogen) atoms. The number of esters is 13. The van der Waals surface area contributed by atoms with E-state index in [1.54, 1.807) is 0 Å². The van der Waals surface area contributed by atoms with Crippen LogP contribution in [0.2, 0.25) is 25.7 Å². The molecular weight excluding hydrogens is 1280 g/mol. The summed E-state index contributed by atoms with van der Waals surface area (Å²) in [5.41, 5.74) is -4.38. The molecule has 4 aliphatic heterocycles. The van der Waals surface area contributed by atoms with Gasteiger partial charge in [0.05, 0.1) is 0 Å². The SMILES string of the molecule is CC(=O)OC[C@H]1O[C@@H](SC[C@H]2O[C@@H](SC[C@H]3O[C@@H](SC[C@H]4O[C@@H](OCC[Si](C)(C)C)[C@H](OC(C)=O)[C@@H](OC(C)=O)[C@@H]4OC(C)=O)[C@H](OC(C)=O)[C@@H](OC(C)=O)[C@@H]3OC(C)=O)[C@H](OC(C)=O)[C@@H](OC(C)=O)[C@@H]2OC(C)=O)[C@H](OC(C)=O)[C@@H](OC(C)=O)[C@@H]1OC(C)=O. The van der Waals surface area contributed by atoms with Crippen LogP contribution in [0.3, 0.4) is 0 Å². The van der Waals surface area contributed by atoms with E-state index in [-0.39, 0.29) is 18.1 Å². The van der Waals surface area contributed by atoms with Crippen LogP contribution in [0.25, 0.3) is 0 Å². The molecule has 4 rings (SSSR count). The average molecular weight is 1360 g/mol. The van der Waals surface area contributed by atoms with Crippen molar-refractivity contribution < 1.29 is 148 Å². The Morgan fingerprint density at radius 3 is 0.811 bits per heavy atom. The third-order valence-electron chi connectivity index (χ3n) is 12.8. The standard InChI is InChI=1S/C55H80O31S3Si/c1-23(56)70-19-36-40(71-24(2)57)45(76-29(7)62)49(80-33(11)66)53(84-36)88-21-38-42(73-26(4)59)47(78-31(9)64)51(82-35(13)68)55(86-38)89-22-39-43(74-27(5)60)46(77-30(8)63)50(81-34(12)67)54(85-39)87-20-37-41(72-25(3)58)44(75-28(6)61)48(79-32(10)65)52(83-37)69-17-18-90(14,15)16/h36-55H,17-22H2,1-16H3/t36-,37-,38-,39-,40-,41-,42-,43-,44+,45+,46+,47+,48-,49-,50-,51-,52-,53+,54+,55+/m1/s1. The Morgan fingerprint density at radius 1 is 0.300 bits per heavy atom. The predicted octanol–water partition coefficient (Wildman–Crippen LogP) is 2.18. The molecule has 0 amide bonds. The van der Waals surface area contributed by atoms with E-state index in [1.807, 2.05) is 0 Å². The van der Waals surface area contributed by atoms with Gasteiger partial charge < -0.3 is 85.3 Å². The summed E-state index contributed by atoms with van der Waals surface area (Å²) in [5, 5.41) is 0. The molecule has 4 fully saturated rings. The fourth-order valence-corrected chi connectivity index (χ4v) is 14.3. The number of hydrogen-bond donors (Lipinski definition) is 0. The first-order valence-corrected chi connectivity index (χ1v) is 35.1. The van der Waals surface area contributed by atoms with Crippen molar-refractivity contribution in [3.8, 4) is 0 Å². The molecule has 4 aliphatic rings. The molecule has 4 saturated heterocycles. The molecular formula is C55H80O31S3Si. The van der Waals surface area contributed by atoms with Crippen LogP contribution >= 0.6 is 35.3 Å². The minimum atomic E-state index is -1.78. The van der Waals surface area contributed by atoms with E-state index < -0.39 is 218 Å². The minimum Gasteiger partial charge on any atom is -0.463 e. The summed E-state index contributed by atoms with van der Waals surface area (Å²) in [6.07, 6.45) is -26.1. The van der Waals surface area contributed by atoms with E-state index in [0.717, 1.165) is 125 Å². The van der Waals surface area contributed by atoms with Gasteiger partial charge in [-0.05, 0) is 6.04 Å². The van der Waals surface area contributed by atoms with Crippen LogP contribution in [0, 0.1) is 0 Å². The molecule has 0 aromatic carbocycles. The van der Waals surface area contributed by atoms with Gasteiger partial charge in [-0.15, -0.1) is 35.3 Å². The molecule has 31 nitrogen and oxygen atoms in total. The molecule has 508 valence electrons. The van der Waals surface area contributed by atoms with Crippen molar-refractivity contribution >= 4 is 121 Å². The molecule has 0 unspecified atom stereocenters. The summed E-state index contributed by atoms with van der Waals surface area (Å²) in [6, 6.07) is 0.601. The van der Waals surface area contributed by atoms with E-state index in [0.29, 0.717) is 6.04 Å². The first-order valence-electron chi connectivity index (χ1n) is 28.2. The molecule has 0 aromatic heterocycles. The second-order valence-electron chi connectivity index (χ2n) is 22.0. The smallest absolute Gasteiger partial charge is 0.303 e. The average Bonchev–Trinajstić information content (AvgIpc) is 0.891. The highest BCUT2D eigenvalue weighted by Crippen LogP contribution is 2.43. The van der Waals surface area contributed by atoms with E-state index in [9.17, 15) is 62.3 Å². The van der Waals surface area contributed by atoms with Crippen LogP contribution in [0.15, 0.2) is 0 Å². The van der Waals surface area contributed by atoms with Gasteiger partial charge in [-0.3, -0.25) is 62.3 Å². The zero-order valence-electron chi connectivity index (χ0n) is 52.7. The summed E-state index contributed by atoms with van der Waals surface area (Å²) in [5.74, 6) is -12.8. The molecule has 0 aliphatic carbocycles. The lowest BCUT2D eigenvalue weighted by molar-refractivity contribution is -0.299. The van der Waals surface area contributed by atoms with Gasteiger partial charge in [0.1, 0.15) is 47.3 Å². The normalized spacial score (nSPS) is 31.5. The molecule has 35 heteroatoms. The van der Waals surface area contributed by atoms with Crippen LogP contribution in [0.4, 0.5) is 0 Å². The molecule has 4 heterocycles. The lowest BCUT2D eigenvalue weighted by Gasteiger charge is -2.47. The fourth-order valence-electron chi connectivity index (χ4n) is 9.74. The highest BCUT2D eigenvalue weighted by Gasteiger charge is 2.58. The van der Waals surface area contributed by atoms with Gasteiger partial charge in [-0.2, -0.15) is 0 Å². The van der Waals surface area contributed by atoms with Crippen LogP contribution in [-0.4, -0.2) is 236 Å². The van der Waals surface area contributed by atoms with Crippen LogP contribution in [0.1, 0.15) is 90.0 Å². The van der Waals surface area contributed by atoms with E-state index >= 15 is 0 Å². The largest absolute Gasteiger partial charge is 0.463 e. The second kappa shape index (κ2) is 35.3. The molecule has 0 bridgehead atoms. The molecule has 0 saturated carbocycles. The maximum absolute atomic E-state index is 13.1. The first-order chi connectivity index (χ1) is 41.9. The monoisotopic (exact) mass is 1360 g/mol. The predicted molar refractivity (Wildman–Crippen MR) is 309 cm³/mol. The molecule has 0 spiro atoms. The first kappa shape index (κ1) is 76.6. The lowest BCUT2D eigenvalue weighted by Crippen LogP contribution is -2.64. The lowest BCUT2D eigenvalue weighted by atomic mass is 9.98. The number of hydrogen-bond acceptors (Lipinski definition) is 34. The Labute approximate surface area is 532 Å². The number of rotatable bonds is 27. The molecule has 0 aromatic rings.